The minimum absolute atomic E-state index is 1.02. The van der Waals surface area contributed by atoms with E-state index in [1.165, 1.54) is 69.4 Å². The van der Waals surface area contributed by atoms with Crippen LogP contribution in [0.4, 0.5) is 0 Å². The van der Waals surface area contributed by atoms with Crippen molar-refractivity contribution >= 4 is 11.0 Å². The number of likely N-dealkylation sites (tertiary alicyclic amines) is 1. The van der Waals surface area contributed by atoms with Gasteiger partial charge in [0.15, 0.2) is 0 Å². The molecular weight excluding hydrogens is 270 g/mol. The van der Waals surface area contributed by atoms with E-state index >= 15 is 0 Å². The highest BCUT2D eigenvalue weighted by Gasteiger charge is 2.16. The Morgan fingerprint density at radius 2 is 1.77 bits per heavy atom. The molecule has 22 heavy (non-hydrogen) atoms. The summed E-state index contributed by atoms with van der Waals surface area (Å²) >= 11 is 0. The van der Waals surface area contributed by atoms with Crippen LogP contribution in [0, 0.1) is 0 Å². The number of imidazole rings is 1. The molecule has 0 aliphatic carbocycles. The first-order valence-corrected chi connectivity index (χ1v) is 9.05. The second-order valence-corrected chi connectivity index (χ2v) is 6.57. The summed E-state index contributed by atoms with van der Waals surface area (Å²) in [5, 5.41) is 0. The van der Waals surface area contributed by atoms with Gasteiger partial charge in [0.1, 0.15) is 5.82 Å². The normalized spacial score (nSPS) is 15.9. The van der Waals surface area contributed by atoms with E-state index < -0.39 is 0 Å². The Balaban J connectivity index is 1.72. The number of unbranched alkanes of at least 4 members (excludes halogenated alkanes) is 4. The van der Waals surface area contributed by atoms with Crippen molar-refractivity contribution < 1.29 is 0 Å². The number of aromatic nitrogens is 2. The van der Waals surface area contributed by atoms with Crippen LogP contribution in [0.2, 0.25) is 0 Å². The molecule has 1 fully saturated rings. The first-order chi connectivity index (χ1) is 10.9. The summed E-state index contributed by atoms with van der Waals surface area (Å²) in [6.45, 7) is 6.88. The van der Waals surface area contributed by atoms with Crippen molar-refractivity contribution in [3.8, 4) is 0 Å². The third-order valence-corrected chi connectivity index (χ3v) is 4.78. The third-order valence-electron chi connectivity index (χ3n) is 4.78. The minimum atomic E-state index is 1.02. The fourth-order valence-electron chi connectivity index (χ4n) is 3.51. The van der Waals surface area contributed by atoms with Crippen LogP contribution < -0.4 is 0 Å². The molecule has 0 unspecified atom stereocenters. The summed E-state index contributed by atoms with van der Waals surface area (Å²) in [7, 11) is 0. The topological polar surface area (TPSA) is 21.1 Å². The molecule has 2 heterocycles. The van der Waals surface area contributed by atoms with Crippen molar-refractivity contribution in [1.82, 2.24) is 14.5 Å². The Morgan fingerprint density at radius 1 is 1.00 bits per heavy atom. The number of hydrogen-bond donors (Lipinski definition) is 0. The average molecular weight is 299 g/mol. The molecule has 3 nitrogen and oxygen atoms in total. The molecule has 120 valence electrons. The van der Waals surface area contributed by atoms with Gasteiger partial charge in [-0.05, 0) is 44.5 Å². The van der Waals surface area contributed by atoms with Gasteiger partial charge in [0.25, 0.3) is 0 Å². The zero-order chi connectivity index (χ0) is 15.2. The van der Waals surface area contributed by atoms with Crippen LogP contribution in [-0.2, 0) is 13.1 Å². The van der Waals surface area contributed by atoms with Gasteiger partial charge in [0.2, 0.25) is 0 Å². The van der Waals surface area contributed by atoms with Gasteiger partial charge in [-0.2, -0.15) is 0 Å². The maximum absolute atomic E-state index is 4.91. The first kappa shape index (κ1) is 15.5. The number of nitrogens with zero attached hydrogens (tertiary/aromatic N) is 3. The Kier molecular flexibility index (Phi) is 5.49. The van der Waals surface area contributed by atoms with E-state index in [0.29, 0.717) is 0 Å². The molecule has 0 atom stereocenters. The number of rotatable bonds is 8. The fourth-order valence-corrected chi connectivity index (χ4v) is 3.51. The number of benzene rings is 1. The number of para-hydroxylation sites is 2. The summed E-state index contributed by atoms with van der Waals surface area (Å²) in [5.41, 5.74) is 2.47. The van der Waals surface area contributed by atoms with Crippen LogP contribution >= 0.6 is 0 Å². The monoisotopic (exact) mass is 299 g/mol. The molecule has 0 bridgehead atoms. The second kappa shape index (κ2) is 7.77. The minimum Gasteiger partial charge on any atom is -0.327 e. The molecule has 1 aliphatic rings. The molecule has 0 N–H and O–H groups in total. The predicted molar refractivity (Wildman–Crippen MR) is 93.0 cm³/mol. The van der Waals surface area contributed by atoms with Gasteiger partial charge in [-0.3, -0.25) is 4.90 Å². The highest BCUT2D eigenvalue weighted by atomic mass is 15.2. The van der Waals surface area contributed by atoms with Crippen molar-refractivity contribution in [3.63, 3.8) is 0 Å². The zero-order valence-electron chi connectivity index (χ0n) is 13.9. The molecule has 0 saturated carbocycles. The van der Waals surface area contributed by atoms with Crippen LogP contribution in [0.1, 0.15) is 57.7 Å². The van der Waals surface area contributed by atoms with Crippen molar-refractivity contribution in [2.75, 3.05) is 13.1 Å². The van der Waals surface area contributed by atoms with Crippen molar-refractivity contribution in [1.29, 1.82) is 0 Å². The van der Waals surface area contributed by atoms with Gasteiger partial charge < -0.3 is 4.57 Å². The SMILES string of the molecule is CCCCCCCn1c(CN2CCCC2)nc2ccccc21. The van der Waals surface area contributed by atoms with Crippen LogP contribution in [-0.4, -0.2) is 27.5 Å². The largest absolute Gasteiger partial charge is 0.327 e. The van der Waals surface area contributed by atoms with E-state index in [1.54, 1.807) is 0 Å². The number of aryl methyl sites for hydroxylation is 1. The quantitative estimate of drug-likeness (QED) is 0.664. The van der Waals surface area contributed by atoms with Crippen molar-refractivity contribution in [2.24, 2.45) is 0 Å². The standard InChI is InChI=1S/C19H29N3/c1-2-3-4-5-8-15-22-18-12-7-6-11-17(18)20-19(22)16-21-13-9-10-14-21/h6-7,11-12H,2-5,8-10,13-16H2,1H3. The van der Waals surface area contributed by atoms with Crippen LogP contribution in [0.15, 0.2) is 24.3 Å². The molecule has 3 rings (SSSR count). The predicted octanol–water partition coefficient (Wildman–Crippen LogP) is 4.60. The average Bonchev–Trinajstić information content (AvgIpc) is 3.16. The van der Waals surface area contributed by atoms with E-state index in [4.69, 9.17) is 4.98 Å². The second-order valence-electron chi connectivity index (χ2n) is 6.57. The summed E-state index contributed by atoms with van der Waals surface area (Å²) in [6, 6.07) is 8.61. The maximum Gasteiger partial charge on any atom is 0.124 e. The lowest BCUT2D eigenvalue weighted by molar-refractivity contribution is 0.316. The van der Waals surface area contributed by atoms with E-state index in [-0.39, 0.29) is 0 Å². The lowest BCUT2D eigenvalue weighted by Crippen LogP contribution is -2.21. The molecule has 0 amide bonds. The molecular formula is C19H29N3. The van der Waals surface area contributed by atoms with Crippen molar-refractivity contribution in [2.45, 2.75) is 65.0 Å². The molecule has 0 spiro atoms. The molecule has 0 radical (unpaired) electrons. The van der Waals surface area contributed by atoms with Gasteiger partial charge >= 0.3 is 0 Å². The highest BCUT2D eigenvalue weighted by molar-refractivity contribution is 5.75. The Hall–Kier alpha value is -1.35. The number of hydrogen-bond acceptors (Lipinski definition) is 2. The summed E-state index contributed by atoms with van der Waals surface area (Å²) in [5.74, 6) is 1.26. The molecule has 1 aromatic heterocycles. The van der Waals surface area contributed by atoms with E-state index in [1.807, 2.05) is 0 Å². The Morgan fingerprint density at radius 3 is 2.59 bits per heavy atom. The summed E-state index contributed by atoms with van der Waals surface area (Å²) in [6.07, 6.45) is 9.34. The fraction of sp³-hybridized carbons (Fsp3) is 0.632. The zero-order valence-corrected chi connectivity index (χ0v) is 13.9. The first-order valence-electron chi connectivity index (χ1n) is 9.05. The smallest absolute Gasteiger partial charge is 0.124 e. The summed E-state index contributed by atoms with van der Waals surface area (Å²) < 4.78 is 2.47. The van der Waals surface area contributed by atoms with Gasteiger partial charge in [-0.1, -0.05) is 44.7 Å². The third kappa shape index (κ3) is 3.70. The van der Waals surface area contributed by atoms with Gasteiger partial charge in [0, 0.05) is 6.54 Å². The molecule has 1 saturated heterocycles. The van der Waals surface area contributed by atoms with E-state index in [2.05, 4.69) is 40.7 Å². The summed E-state index contributed by atoms with van der Waals surface area (Å²) in [4.78, 5) is 7.46. The van der Waals surface area contributed by atoms with Gasteiger partial charge in [-0.25, -0.2) is 4.98 Å². The Bertz CT molecular complexity index is 581. The van der Waals surface area contributed by atoms with E-state index in [9.17, 15) is 0 Å². The van der Waals surface area contributed by atoms with Crippen molar-refractivity contribution in [3.05, 3.63) is 30.1 Å². The molecule has 2 aromatic rings. The van der Waals surface area contributed by atoms with Gasteiger partial charge in [-0.15, -0.1) is 0 Å². The van der Waals surface area contributed by atoms with Crippen LogP contribution in [0.3, 0.4) is 0 Å². The molecule has 1 aliphatic heterocycles. The lowest BCUT2D eigenvalue weighted by Gasteiger charge is -2.16. The lowest BCUT2D eigenvalue weighted by atomic mass is 10.1. The maximum atomic E-state index is 4.91. The molecule has 3 heteroatoms. The Labute approximate surface area is 134 Å². The van der Waals surface area contributed by atoms with Crippen LogP contribution in [0.25, 0.3) is 11.0 Å². The number of fused-ring (bicyclic) bond motifs is 1. The van der Waals surface area contributed by atoms with E-state index in [0.717, 1.165) is 18.6 Å². The van der Waals surface area contributed by atoms with Crippen LogP contribution in [0.5, 0.6) is 0 Å². The highest BCUT2D eigenvalue weighted by Crippen LogP contribution is 2.20. The molecule has 1 aromatic carbocycles. The van der Waals surface area contributed by atoms with Gasteiger partial charge in [0.05, 0.1) is 17.6 Å².